The van der Waals surface area contributed by atoms with Crippen molar-refractivity contribution in [1.82, 2.24) is 9.47 Å². The molecule has 100 valence electrons. The maximum Gasteiger partial charge on any atom is 0.224 e. The molecule has 0 aliphatic carbocycles. The van der Waals surface area contributed by atoms with Crippen LogP contribution in [0.15, 0.2) is 17.1 Å². The first-order valence-electron chi connectivity index (χ1n) is 6.18. The van der Waals surface area contributed by atoms with E-state index in [2.05, 4.69) is 0 Å². The van der Waals surface area contributed by atoms with Crippen molar-refractivity contribution in [2.45, 2.75) is 33.7 Å². The van der Waals surface area contributed by atoms with Crippen LogP contribution in [0.5, 0.6) is 5.75 Å². The third kappa shape index (κ3) is 3.12. The highest BCUT2D eigenvalue weighted by molar-refractivity contribution is 5.76. The number of hydrogen-bond acceptors (Lipinski definition) is 3. The molecule has 0 aliphatic rings. The molecule has 5 heteroatoms. The molecule has 1 N–H and O–H groups in total. The molecule has 1 aromatic heterocycles. The van der Waals surface area contributed by atoms with Crippen molar-refractivity contribution in [2.75, 3.05) is 13.1 Å². The molecular formula is C13H20N2O3. The van der Waals surface area contributed by atoms with Gasteiger partial charge in [-0.3, -0.25) is 9.59 Å². The fourth-order valence-electron chi connectivity index (χ4n) is 1.86. The molecule has 1 amide bonds. The van der Waals surface area contributed by atoms with E-state index in [-0.39, 0.29) is 17.1 Å². The summed E-state index contributed by atoms with van der Waals surface area (Å²) in [5.74, 6) is -0.162. The lowest BCUT2D eigenvalue weighted by Gasteiger charge is -2.19. The van der Waals surface area contributed by atoms with Crippen molar-refractivity contribution < 1.29 is 9.90 Å². The number of aryl methyl sites for hydroxylation is 1. The summed E-state index contributed by atoms with van der Waals surface area (Å²) in [6.45, 7) is 7.41. The molecule has 0 fully saturated rings. The largest absolute Gasteiger partial charge is 0.503 e. The maximum atomic E-state index is 11.8. The highest BCUT2D eigenvalue weighted by atomic mass is 16.3. The summed E-state index contributed by atoms with van der Waals surface area (Å²) < 4.78 is 1.72. The van der Waals surface area contributed by atoms with Crippen LogP contribution in [0, 0.1) is 6.92 Å². The molecule has 0 radical (unpaired) electrons. The number of amides is 1. The van der Waals surface area contributed by atoms with Crippen molar-refractivity contribution in [3.63, 3.8) is 0 Å². The summed E-state index contributed by atoms with van der Waals surface area (Å²) in [5, 5.41) is 9.53. The zero-order valence-corrected chi connectivity index (χ0v) is 11.1. The van der Waals surface area contributed by atoms with E-state index in [1.165, 1.54) is 6.07 Å². The van der Waals surface area contributed by atoms with E-state index in [9.17, 15) is 14.7 Å². The average Bonchev–Trinajstić information content (AvgIpc) is 2.36. The van der Waals surface area contributed by atoms with Crippen molar-refractivity contribution >= 4 is 5.91 Å². The second-order valence-corrected chi connectivity index (χ2v) is 4.12. The van der Waals surface area contributed by atoms with Crippen molar-refractivity contribution in [2.24, 2.45) is 0 Å². The SMILES string of the molecule is CCN(CC)C(=O)CCn1ccc(=O)c(O)c1C. The fraction of sp³-hybridized carbons (Fsp3) is 0.538. The van der Waals surface area contributed by atoms with Gasteiger partial charge in [0.15, 0.2) is 5.75 Å². The summed E-state index contributed by atoms with van der Waals surface area (Å²) in [6, 6.07) is 1.31. The molecule has 1 rings (SSSR count). The highest BCUT2D eigenvalue weighted by Crippen LogP contribution is 2.10. The molecule has 18 heavy (non-hydrogen) atoms. The summed E-state index contributed by atoms with van der Waals surface area (Å²) in [6.07, 6.45) is 1.97. The van der Waals surface area contributed by atoms with Gasteiger partial charge in [0.2, 0.25) is 11.3 Å². The number of carbonyl (C=O) groups excluding carboxylic acids is 1. The van der Waals surface area contributed by atoms with Gasteiger partial charge < -0.3 is 14.6 Å². The van der Waals surface area contributed by atoms with Gasteiger partial charge in [-0.05, 0) is 20.8 Å². The Bertz CT molecular complexity index is 476. The minimum Gasteiger partial charge on any atom is -0.503 e. The van der Waals surface area contributed by atoms with Gasteiger partial charge in [-0.1, -0.05) is 0 Å². The van der Waals surface area contributed by atoms with E-state index in [0.29, 0.717) is 31.7 Å². The van der Waals surface area contributed by atoms with Crippen LogP contribution in [0.2, 0.25) is 0 Å². The molecule has 1 heterocycles. The van der Waals surface area contributed by atoms with Gasteiger partial charge in [0.1, 0.15) is 0 Å². The smallest absolute Gasteiger partial charge is 0.224 e. The van der Waals surface area contributed by atoms with Gasteiger partial charge >= 0.3 is 0 Å². The number of rotatable bonds is 5. The minimum absolute atomic E-state index is 0.0811. The van der Waals surface area contributed by atoms with Crippen LogP contribution in [0.25, 0.3) is 0 Å². The monoisotopic (exact) mass is 252 g/mol. The maximum absolute atomic E-state index is 11.8. The Labute approximate surface area is 107 Å². The van der Waals surface area contributed by atoms with Crippen LogP contribution < -0.4 is 5.43 Å². The van der Waals surface area contributed by atoms with E-state index < -0.39 is 0 Å². The van der Waals surface area contributed by atoms with Crippen LogP contribution in [-0.4, -0.2) is 33.6 Å². The van der Waals surface area contributed by atoms with Crippen LogP contribution >= 0.6 is 0 Å². The van der Waals surface area contributed by atoms with Gasteiger partial charge in [-0.2, -0.15) is 0 Å². The van der Waals surface area contributed by atoms with Gasteiger partial charge in [0, 0.05) is 38.3 Å². The Morgan fingerprint density at radius 3 is 2.56 bits per heavy atom. The van der Waals surface area contributed by atoms with E-state index in [1.54, 1.807) is 22.6 Å². The Morgan fingerprint density at radius 2 is 2.00 bits per heavy atom. The first kappa shape index (κ1) is 14.3. The third-order valence-corrected chi connectivity index (χ3v) is 3.10. The normalized spacial score (nSPS) is 10.4. The number of aromatic hydroxyl groups is 1. The lowest BCUT2D eigenvalue weighted by Crippen LogP contribution is -2.31. The molecule has 0 saturated carbocycles. The first-order chi connectivity index (χ1) is 8.51. The van der Waals surface area contributed by atoms with Gasteiger partial charge in [-0.15, -0.1) is 0 Å². The quantitative estimate of drug-likeness (QED) is 0.854. The molecule has 0 aromatic carbocycles. The zero-order chi connectivity index (χ0) is 13.7. The number of nitrogens with zero attached hydrogens (tertiary/aromatic N) is 2. The van der Waals surface area contributed by atoms with E-state index in [4.69, 9.17) is 0 Å². The molecule has 0 saturated heterocycles. The molecule has 0 unspecified atom stereocenters. The lowest BCUT2D eigenvalue weighted by atomic mass is 10.3. The molecule has 0 atom stereocenters. The Morgan fingerprint density at radius 1 is 1.39 bits per heavy atom. The van der Waals surface area contributed by atoms with Crippen LogP contribution in [-0.2, 0) is 11.3 Å². The number of pyridine rings is 1. The van der Waals surface area contributed by atoms with Crippen molar-refractivity contribution in [3.05, 3.63) is 28.2 Å². The Balaban J connectivity index is 2.73. The summed E-state index contributed by atoms with van der Waals surface area (Å²) in [4.78, 5) is 24.8. The fourth-order valence-corrected chi connectivity index (χ4v) is 1.86. The van der Waals surface area contributed by atoms with Crippen molar-refractivity contribution in [1.29, 1.82) is 0 Å². The standard InChI is InChI=1S/C13H20N2O3/c1-4-14(5-2)12(17)7-9-15-8-6-11(16)13(18)10(15)3/h6,8,18H,4-5,7,9H2,1-3H3. The van der Waals surface area contributed by atoms with Crippen LogP contribution in [0.3, 0.4) is 0 Å². The lowest BCUT2D eigenvalue weighted by molar-refractivity contribution is -0.131. The Hall–Kier alpha value is -1.78. The molecule has 5 nitrogen and oxygen atoms in total. The molecule has 0 spiro atoms. The molecule has 1 aromatic rings. The van der Waals surface area contributed by atoms with Gasteiger partial charge in [-0.25, -0.2) is 0 Å². The van der Waals surface area contributed by atoms with Gasteiger partial charge in [0.05, 0.1) is 5.69 Å². The third-order valence-electron chi connectivity index (χ3n) is 3.10. The van der Waals surface area contributed by atoms with Gasteiger partial charge in [0.25, 0.3) is 0 Å². The highest BCUT2D eigenvalue weighted by Gasteiger charge is 2.11. The second kappa shape index (κ2) is 6.23. The van der Waals surface area contributed by atoms with E-state index >= 15 is 0 Å². The number of carbonyl (C=O) groups is 1. The summed E-state index contributed by atoms with van der Waals surface area (Å²) in [7, 11) is 0. The summed E-state index contributed by atoms with van der Waals surface area (Å²) >= 11 is 0. The Kier molecular flexibility index (Phi) is 4.95. The first-order valence-corrected chi connectivity index (χ1v) is 6.18. The van der Waals surface area contributed by atoms with Crippen molar-refractivity contribution in [3.8, 4) is 5.75 Å². The molecule has 0 bridgehead atoms. The minimum atomic E-state index is -0.390. The van der Waals surface area contributed by atoms with Crippen LogP contribution in [0.4, 0.5) is 0 Å². The second-order valence-electron chi connectivity index (χ2n) is 4.12. The molecular weight excluding hydrogens is 232 g/mol. The zero-order valence-electron chi connectivity index (χ0n) is 11.1. The molecule has 0 aliphatic heterocycles. The number of aromatic nitrogens is 1. The number of hydrogen-bond donors (Lipinski definition) is 1. The van der Waals surface area contributed by atoms with E-state index in [0.717, 1.165) is 0 Å². The summed E-state index contributed by atoms with van der Waals surface area (Å²) in [5.41, 5.74) is 0.105. The topological polar surface area (TPSA) is 62.5 Å². The predicted molar refractivity (Wildman–Crippen MR) is 69.6 cm³/mol. The van der Waals surface area contributed by atoms with Crippen LogP contribution in [0.1, 0.15) is 26.0 Å². The average molecular weight is 252 g/mol. The van der Waals surface area contributed by atoms with E-state index in [1.807, 2.05) is 13.8 Å². The predicted octanol–water partition coefficient (Wildman–Crippen LogP) is 1.12.